The van der Waals surface area contributed by atoms with Crippen LogP contribution in [0.5, 0.6) is 12.0 Å². The van der Waals surface area contributed by atoms with E-state index in [1.54, 1.807) is 37.4 Å². The second-order valence-electron chi connectivity index (χ2n) is 14.1. The van der Waals surface area contributed by atoms with Crippen molar-refractivity contribution in [2.45, 2.75) is 38.5 Å². The maximum absolute atomic E-state index is 12.2. The molecule has 3 aromatic rings. The van der Waals surface area contributed by atoms with Crippen molar-refractivity contribution in [1.82, 2.24) is 40.1 Å². The summed E-state index contributed by atoms with van der Waals surface area (Å²) in [6.07, 6.45) is 11.3. The number of hydrogen-bond acceptors (Lipinski definition) is 20. The average Bonchev–Trinajstić information content (AvgIpc) is 3.26. The third kappa shape index (κ3) is 20.6. The summed E-state index contributed by atoms with van der Waals surface area (Å²) in [4.78, 5) is 31.4. The van der Waals surface area contributed by atoms with Gasteiger partial charge in [0.05, 0.1) is 38.8 Å². The van der Waals surface area contributed by atoms with Gasteiger partial charge in [0.1, 0.15) is 11.5 Å². The maximum atomic E-state index is 12.2. The first-order valence-corrected chi connectivity index (χ1v) is 24.0. The Balaban J connectivity index is 0.000000411. The Hall–Kier alpha value is -5.08. The quantitative estimate of drug-likeness (QED) is 0.0583. The summed E-state index contributed by atoms with van der Waals surface area (Å²) in [6, 6.07) is 4.86. The molecule has 0 spiro atoms. The molecule has 2 aromatic heterocycles. The van der Waals surface area contributed by atoms with Gasteiger partial charge in [-0.3, -0.25) is 9.11 Å². The van der Waals surface area contributed by atoms with E-state index in [1.807, 2.05) is 56.8 Å². The molecule has 1 atom stereocenters. The molecule has 356 valence electrons. The van der Waals surface area contributed by atoms with Crippen molar-refractivity contribution in [1.29, 1.82) is 0 Å². The summed E-state index contributed by atoms with van der Waals surface area (Å²) in [7, 11) is -2.77. The maximum Gasteiger partial charge on any atom is 0.323 e. The van der Waals surface area contributed by atoms with Crippen molar-refractivity contribution in [2.75, 3.05) is 127 Å². The van der Waals surface area contributed by atoms with Crippen LogP contribution in [0.3, 0.4) is 0 Å². The second-order valence-corrected chi connectivity index (χ2v) is 17.0. The SMILES string of the molecule is CC.CN(C)CCCOc1nc(N)nc(N2CCOCC2)n1.CNCCOc1nc(Nc2ccc(/C=C/C(C)/C=C\C/C=C\CS(=O)(=O)O)c(S(=O)(=O)O)c2)nc(N2CCOCC2)n1. The molecule has 6 N–H and O–H groups in total. The zero-order valence-electron chi connectivity index (χ0n) is 37.5. The van der Waals surface area contributed by atoms with E-state index in [0.29, 0.717) is 83.3 Å². The van der Waals surface area contributed by atoms with Gasteiger partial charge in [0, 0.05) is 45.0 Å². The molecule has 1 aromatic carbocycles. The van der Waals surface area contributed by atoms with Gasteiger partial charge in [-0.1, -0.05) is 63.3 Å². The molecule has 0 aliphatic carbocycles. The lowest BCUT2D eigenvalue weighted by atomic mass is 10.1. The van der Waals surface area contributed by atoms with Crippen LogP contribution in [0.4, 0.5) is 29.5 Å². The van der Waals surface area contributed by atoms with Crippen molar-refractivity contribution in [3.05, 3.63) is 54.1 Å². The number of nitrogen functional groups attached to an aromatic ring is 1. The highest BCUT2D eigenvalue weighted by atomic mass is 32.2. The molecule has 0 amide bonds. The highest BCUT2D eigenvalue weighted by molar-refractivity contribution is 7.86. The summed E-state index contributed by atoms with van der Waals surface area (Å²) < 4.78 is 86.5. The molecule has 22 nitrogen and oxygen atoms in total. The normalized spacial score (nSPS) is 15.2. The van der Waals surface area contributed by atoms with Crippen molar-refractivity contribution >= 4 is 55.8 Å². The first kappa shape index (κ1) is 53.3. The zero-order valence-corrected chi connectivity index (χ0v) is 39.1. The van der Waals surface area contributed by atoms with Crippen LogP contribution in [0.25, 0.3) is 6.08 Å². The van der Waals surface area contributed by atoms with Crippen molar-refractivity contribution in [2.24, 2.45) is 5.92 Å². The van der Waals surface area contributed by atoms with E-state index in [0.717, 1.165) is 26.1 Å². The number of nitrogens with zero attached hydrogens (tertiary/aromatic N) is 9. The number of hydrogen-bond donors (Lipinski definition) is 5. The standard InChI is InChI=1S/C26H36N6O8S2.C12H22N6O2.C2H6/c1-20(7-5-3-4-6-18-41(33,34)35)8-9-21-10-11-22(19-23(21)42(36,37)38)28-24-29-25(32-13-16-39-17-14-32)31-26(30-24)40-15-12-27-2;1-17(2)4-3-7-20-12-15-10(13)14-11(16-12)18-5-8-19-9-6-18;1-2/h4-11,19-20,27H,3,12-18H2,1-2H3,(H,33,34,35)(H,36,37,38)(H,28,29,30,31);3-9H2,1-2H3,(H2,13,14,15,16);1-2H3/b6-4-,7-5-,9-8+;;. The molecule has 1 unspecified atom stereocenters. The number of allylic oxidation sites excluding steroid dienone is 4. The number of benzene rings is 1. The zero-order chi connectivity index (χ0) is 47.0. The largest absolute Gasteiger partial charge is 0.463 e. The topological polar surface area (TPSA) is 283 Å². The summed E-state index contributed by atoms with van der Waals surface area (Å²) >= 11 is 0. The van der Waals surface area contributed by atoms with Crippen LogP contribution in [0.2, 0.25) is 0 Å². The van der Waals surface area contributed by atoms with Gasteiger partial charge in [-0.15, -0.1) is 0 Å². The molecule has 2 aliphatic heterocycles. The molecule has 0 radical (unpaired) electrons. The Morgan fingerprint density at radius 3 is 2.05 bits per heavy atom. The Kier molecular flexibility index (Phi) is 23.3. The third-order valence-corrected chi connectivity index (χ3v) is 10.2. The summed E-state index contributed by atoms with van der Waals surface area (Å²) in [5.41, 5.74) is 6.31. The number of anilines is 5. The molecular weight excluding hydrogens is 873 g/mol. The summed E-state index contributed by atoms with van der Waals surface area (Å²) in [6.45, 7) is 13.4. The van der Waals surface area contributed by atoms with E-state index in [-0.39, 0.29) is 40.3 Å². The van der Waals surface area contributed by atoms with Crippen LogP contribution in [0.15, 0.2) is 53.5 Å². The Morgan fingerprint density at radius 2 is 1.45 bits per heavy atom. The van der Waals surface area contributed by atoms with Gasteiger partial charge in [-0.25, -0.2) is 0 Å². The van der Waals surface area contributed by atoms with Crippen LogP contribution in [0, 0.1) is 5.92 Å². The van der Waals surface area contributed by atoms with E-state index in [2.05, 4.69) is 45.4 Å². The fourth-order valence-electron chi connectivity index (χ4n) is 5.57. The van der Waals surface area contributed by atoms with Gasteiger partial charge in [0.15, 0.2) is 0 Å². The minimum atomic E-state index is -4.58. The molecule has 4 heterocycles. The van der Waals surface area contributed by atoms with Gasteiger partial charge < -0.3 is 50.0 Å². The van der Waals surface area contributed by atoms with Crippen LogP contribution >= 0.6 is 0 Å². The third-order valence-electron chi connectivity index (χ3n) is 8.69. The average molecular weight is 937 g/mol. The van der Waals surface area contributed by atoms with Crippen LogP contribution in [-0.2, 0) is 29.7 Å². The van der Waals surface area contributed by atoms with Crippen LogP contribution < -0.4 is 35.6 Å². The summed E-state index contributed by atoms with van der Waals surface area (Å²) in [5.74, 6) is 0.721. The number of aromatic nitrogens is 6. The molecule has 5 rings (SSSR count). The van der Waals surface area contributed by atoms with Crippen molar-refractivity contribution in [3.63, 3.8) is 0 Å². The van der Waals surface area contributed by atoms with E-state index in [4.69, 9.17) is 29.2 Å². The molecule has 24 heteroatoms. The van der Waals surface area contributed by atoms with Crippen LogP contribution in [0.1, 0.15) is 39.2 Å². The molecule has 0 bridgehead atoms. The number of nitrogens with one attached hydrogen (secondary N) is 2. The Bertz CT molecular complexity index is 2170. The lowest BCUT2D eigenvalue weighted by Crippen LogP contribution is -2.37. The lowest BCUT2D eigenvalue weighted by molar-refractivity contribution is 0.122. The smallest absolute Gasteiger partial charge is 0.323 e. The summed E-state index contributed by atoms with van der Waals surface area (Å²) in [5, 5.41) is 5.96. The fraction of sp³-hybridized carbons (Fsp3) is 0.550. The highest BCUT2D eigenvalue weighted by Crippen LogP contribution is 2.26. The van der Waals surface area contributed by atoms with Crippen LogP contribution in [-0.4, -0.2) is 167 Å². The minimum absolute atomic E-state index is 0.0998. The van der Waals surface area contributed by atoms with E-state index < -0.39 is 26.0 Å². The number of rotatable bonds is 21. The van der Waals surface area contributed by atoms with Gasteiger partial charge in [-0.2, -0.15) is 46.7 Å². The first-order valence-electron chi connectivity index (χ1n) is 20.9. The first-order chi connectivity index (χ1) is 30.6. The Morgan fingerprint density at radius 1 is 0.844 bits per heavy atom. The molecule has 2 fully saturated rings. The van der Waals surface area contributed by atoms with Crippen molar-refractivity contribution in [3.8, 4) is 12.0 Å². The van der Waals surface area contributed by atoms with Gasteiger partial charge in [-0.05, 0) is 57.6 Å². The van der Waals surface area contributed by atoms with Gasteiger partial charge in [0.2, 0.25) is 23.8 Å². The molecule has 64 heavy (non-hydrogen) atoms. The molecular formula is C40H64N12O10S2. The number of ether oxygens (including phenoxy) is 4. The predicted octanol–water partition coefficient (Wildman–Crippen LogP) is 2.98. The molecule has 0 saturated carbocycles. The highest BCUT2D eigenvalue weighted by Gasteiger charge is 2.20. The lowest BCUT2D eigenvalue weighted by Gasteiger charge is -2.27. The minimum Gasteiger partial charge on any atom is -0.463 e. The van der Waals surface area contributed by atoms with E-state index in [9.17, 15) is 21.4 Å². The van der Waals surface area contributed by atoms with E-state index in [1.165, 1.54) is 12.1 Å². The van der Waals surface area contributed by atoms with Crippen molar-refractivity contribution < 1.29 is 44.9 Å². The Labute approximate surface area is 376 Å². The van der Waals surface area contributed by atoms with Gasteiger partial charge in [0.25, 0.3) is 20.2 Å². The monoisotopic (exact) mass is 936 g/mol. The van der Waals surface area contributed by atoms with Gasteiger partial charge >= 0.3 is 12.0 Å². The molecule has 2 saturated heterocycles. The number of morpholine rings is 2. The predicted molar refractivity (Wildman–Crippen MR) is 247 cm³/mol. The molecule has 2 aliphatic rings. The number of nitrogens with two attached hydrogens (primary N) is 1. The van der Waals surface area contributed by atoms with E-state index >= 15 is 0 Å². The second kappa shape index (κ2) is 28.0. The fourth-order valence-corrected chi connectivity index (χ4v) is 6.66. The number of likely N-dealkylation sites (N-methyl/N-ethyl adjacent to an activating group) is 1.